The number of rotatable bonds is 4. The fourth-order valence-electron chi connectivity index (χ4n) is 3.82. The molecular formula is C18H28N4O3. The van der Waals surface area contributed by atoms with Gasteiger partial charge in [-0.25, -0.2) is 0 Å². The Balaban J connectivity index is 1.83. The second kappa shape index (κ2) is 7.99. The molecule has 2 heterocycles. The molecule has 1 fully saturated rings. The summed E-state index contributed by atoms with van der Waals surface area (Å²) in [5.74, 6) is -0.392. The Kier molecular flexibility index (Phi) is 5.73. The standard InChI is InChI=1S/C18H28N4O3/c1-2-9-21(13-7-5-3-4-6-8-13)18(25)15-10-16-17(24)19-11-14(23)12-22(16)20-15/h10,13-14,23H,2-9,11-12H2,1H3,(H,19,24)/t14-/m0/s1. The molecule has 2 aliphatic rings. The highest BCUT2D eigenvalue weighted by molar-refractivity contribution is 5.98. The fourth-order valence-corrected chi connectivity index (χ4v) is 3.82. The average molecular weight is 348 g/mol. The number of aliphatic hydroxyl groups is 1. The minimum absolute atomic E-state index is 0.100. The van der Waals surface area contributed by atoms with Crippen LogP contribution in [0.5, 0.6) is 0 Å². The molecule has 138 valence electrons. The maximum absolute atomic E-state index is 13.1. The van der Waals surface area contributed by atoms with Crippen LogP contribution < -0.4 is 5.32 Å². The van der Waals surface area contributed by atoms with Gasteiger partial charge < -0.3 is 15.3 Å². The van der Waals surface area contributed by atoms with Crippen molar-refractivity contribution in [1.29, 1.82) is 0 Å². The first-order valence-electron chi connectivity index (χ1n) is 9.45. The van der Waals surface area contributed by atoms with Crippen molar-refractivity contribution in [3.05, 3.63) is 17.5 Å². The molecule has 0 bridgehead atoms. The van der Waals surface area contributed by atoms with Crippen LogP contribution in [-0.2, 0) is 6.54 Å². The fraction of sp³-hybridized carbons (Fsp3) is 0.722. The number of aromatic nitrogens is 2. The van der Waals surface area contributed by atoms with Crippen molar-refractivity contribution in [3.63, 3.8) is 0 Å². The van der Waals surface area contributed by atoms with Gasteiger partial charge in [0.15, 0.2) is 5.69 Å². The van der Waals surface area contributed by atoms with Crippen molar-refractivity contribution in [2.75, 3.05) is 13.1 Å². The Labute approximate surface area is 148 Å². The van der Waals surface area contributed by atoms with Gasteiger partial charge in [0.1, 0.15) is 5.69 Å². The van der Waals surface area contributed by atoms with Gasteiger partial charge in [0.2, 0.25) is 0 Å². The number of nitrogens with one attached hydrogen (secondary N) is 1. The lowest BCUT2D eigenvalue weighted by atomic mass is 10.1. The van der Waals surface area contributed by atoms with Gasteiger partial charge in [-0.15, -0.1) is 0 Å². The van der Waals surface area contributed by atoms with Crippen molar-refractivity contribution >= 4 is 11.8 Å². The Morgan fingerprint density at radius 2 is 2.08 bits per heavy atom. The lowest BCUT2D eigenvalue weighted by molar-refractivity contribution is 0.0652. The van der Waals surface area contributed by atoms with E-state index in [0.29, 0.717) is 17.9 Å². The summed E-state index contributed by atoms with van der Waals surface area (Å²) in [7, 11) is 0. The van der Waals surface area contributed by atoms with Gasteiger partial charge in [-0.2, -0.15) is 5.10 Å². The minimum atomic E-state index is -0.693. The molecule has 0 aromatic carbocycles. The lowest BCUT2D eigenvalue weighted by Crippen LogP contribution is -2.41. The number of hydrogen-bond donors (Lipinski definition) is 2. The predicted octanol–water partition coefficient (Wildman–Crippen LogP) is 1.56. The van der Waals surface area contributed by atoms with Crippen molar-refractivity contribution in [1.82, 2.24) is 20.0 Å². The number of β-amino-alcohol motifs (C(OH)–C–C–N with tert-alkyl or cyclic N) is 1. The van der Waals surface area contributed by atoms with Crippen molar-refractivity contribution in [2.24, 2.45) is 0 Å². The normalized spacial score (nSPS) is 21.8. The molecule has 0 spiro atoms. The lowest BCUT2D eigenvalue weighted by Gasteiger charge is -2.30. The van der Waals surface area contributed by atoms with Crippen LogP contribution in [0.4, 0.5) is 0 Å². The van der Waals surface area contributed by atoms with Gasteiger partial charge in [-0.05, 0) is 19.3 Å². The van der Waals surface area contributed by atoms with Crippen LogP contribution in [0, 0.1) is 0 Å². The molecule has 25 heavy (non-hydrogen) atoms. The number of carbonyl (C=O) groups is 2. The monoisotopic (exact) mass is 348 g/mol. The van der Waals surface area contributed by atoms with Crippen LogP contribution in [0.1, 0.15) is 72.8 Å². The molecule has 0 unspecified atom stereocenters. The molecule has 1 saturated carbocycles. The van der Waals surface area contributed by atoms with E-state index in [0.717, 1.165) is 32.1 Å². The summed E-state index contributed by atoms with van der Waals surface area (Å²) in [5, 5.41) is 16.9. The van der Waals surface area contributed by atoms with Crippen LogP contribution in [0.2, 0.25) is 0 Å². The second-order valence-corrected chi connectivity index (χ2v) is 7.10. The first-order chi connectivity index (χ1) is 12.1. The summed E-state index contributed by atoms with van der Waals surface area (Å²) in [5.41, 5.74) is 0.647. The van der Waals surface area contributed by atoms with E-state index in [2.05, 4.69) is 17.3 Å². The molecule has 0 saturated heterocycles. The maximum atomic E-state index is 13.1. The van der Waals surface area contributed by atoms with Crippen LogP contribution in [-0.4, -0.2) is 56.8 Å². The van der Waals surface area contributed by atoms with Crippen molar-refractivity contribution in [2.45, 2.75) is 70.6 Å². The van der Waals surface area contributed by atoms with E-state index in [1.54, 1.807) is 6.07 Å². The highest BCUT2D eigenvalue weighted by atomic mass is 16.3. The molecule has 1 aromatic heterocycles. The molecule has 2 N–H and O–H groups in total. The smallest absolute Gasteiger partial charge is 0.274 e. The zero-order valence-corrected chi connectivity index (χ0v) is 14.9. The van der Waals surface area contributed by atoms with E-state index in [1.807, 2.05) is 4.90 Å². The van der Waals surface area contributed by atoms with E-state index < -0.39 is 6.10 Å². The molecule has 1 aromatic rings. The van der Waals surface area contributed by atoms with E-state index in [1.165, 1.54) is 17.5 Å². The number of amides is 2. The average Bonchev–Trinajstić information content (AvgIpc) is 2.77. The predicted molar refractivity (Wildman–Crippen MR) is 93.4 cm³/mol. The summed E-state index contributed by atoms with van der Waals surface area (Å²) in [6.45, 7) is 3.21. The van der Waals surface area contributed by atoms with E-state index in [9.17, 15) is 14.7 Å². The number of aliphatic hydroxyl groups excluding tert-OH is 1. The zero-order chi connectivity index (χ0) is 17.8. The van der Waals surface area contributed by atoms with Crippen LogP contribution >= 0.6 is 0 Å². The van der Waals surface area contributed by atoms with Gasteiger partial charge in [-0.1, -0.05) is 32.6 Å². The first-order valence-corrected chi connectivity index (χ1v) is 9.45. The molecule has 2 amide bonds. The van der Waals surface area contributed by atoms with Crippen LogP contribution in [0.3, 0.4) is 0 Å². The third-order valence-electron chi connectivity index (χ3n) is 5.10. The molecule has 7 nitrogen and oxygen atoms in total. The number of hydrogen-bond acceptors (Lipinski definition) is 4. The Morgan fingerprint density at radius 1 is 1.36 bits per heavy atom. The summed E-state index contributed by atoms with van der Waals surface area (Å²) in [6, 6.07) is 1.82. The SMILES string of the molecule is CCCN(C(=O)c1cc2n(n1)C[C@@H](O)CNC2=O)C1CCCCCC1. The Hall–Kier alpha value is -1.89. The molecule has 3 rings (SSSR count). The molecule has 1 aliphatic heterocycles. The highest BCUT2D eigenvalue weighted by Gasteiger charge is 2.29. The number of fused-ring (bicyclic) bond motifs is 1. The number of nitrogens with zero attached hydrogens (tertiary/aromatic N) is 3. The third-order valence-corrected chi connectivity index (χ3v) is 5.10. The van der Waals surface area contributed by atoms with E-state index in [-0.39, 0.29) is 30.9 Å². The molecule has 0 radical (unpaired) electrons. The first kappa shape index (κ1) is 17.9. The van der Waals surface area contributed by atoms with Crippen molar-refractivity contribution < 1.29 is 14.7 Å². The maximum Gasteiger partial charge on any atom is 0.274 e. The van der Waals surface area contributed by atoms with Gasteiger partial charge in [0.05, 0.1) is 12.6 Å². The second-order valence-electron chi connectivity index (χ2n) is 7.10. The topological polar surface area (TPSA) is 87.5 Å². The Morgan fingerprint density at radius 3 is 2.76 bits per heavy atom. The largest absolute Gasteiger partial charge is 0.389 e. The quantitative estimate of drug-likeness (QED) is 0.809. The Bertz CT molecular complexity index is 620. The molecule has 1 atom stereocenters. The summed E-state index contributed by atoms with van der Waals surface area (Å²) < 4.78 is 1.46. The zero-order valence-electron chi connectivity index (χ0n) is 14.9. The van der Waals surface area contributed by atoms with E-state index >= 15 is 0 Å². The molecule has 1 aliphatic carbocycles. The van der Waals surface area contributed by atoms with Gasteiger partial charge >= 0.3 is 0 Å². The summed E-state index contributed by atoms with van der Waals surface area (Å²) in [6.07, 6.45) is 7.08. The third kappa shape index (κ3) is 4.03. The molecule has 7 heteroatoms. The van der Waals surface area contributed by atoms with Gasteiger partial charge in [0, 0.05) is 25.2 Å². The molecular weight excluding hydrogens is 320 g/mol. The summed E-state index contributed by atoms with van der Waals surface area (Å²) >= 11 is 0. The number of carbonyl (C=O) groups excluding carboxylic acids is 2. The summed E-state index contributed by atoms with van der Waals surface area (Å²) in [4.78, 5) is 27.2. The van der Waals surface area contributed by atoms with E-state index in [4.69, 9.17) is 0 Å². The van der Waals surface area contributed by atoms with Gasteiger partial charge in [0.25, 0.3) is 11.8 Å². The van der Waals surface area contributed by atoms with Gasteiger partial charge in [-0.3, -0.25) is 14.3 Å². The van der Waals surface area contributed by atoms with Crippen LogP contribution in [0.15, 0.2) is 6.07 Å². The van der Waals surface area contributed by atoms with Crippen LogP contribution in [0.25, 0.3) is 0 Å². The highest BCUT2D eigenvalue weighted by Crippen LogP contribution is 2.24. The minimum Gasteiger partial charge on any atom is -0.389 e. The van der Waals surface area contributed by atoms with Crippen molar-refractivity contribution in [3.8, 4) is 0 Å².